The zero-order chi connectivity index (χ0) is 16.5. The molecule has 0 aromatic heterocycles. The van der Waals surface area contributed by atoms with Crippen molar-refractivity contribution in [3.05, 3.63) is 54.6 Å². The van der Waals surface area contributed by atoms with Crippen molar-refractivity contribution in [1.29, 1.82) is 0 Å². The van der Waals surface area contributed by atoms with E-state index in [1.807, 2.05) is 49.4 Å². The molecule has 0 radical (unpaired) electrons. The lowest BCUT2D eigenvalue weighted by Gasteiger charge is -2.18. The van der Waals surface area contributed by atoms with E-state index in [2.05, 4.69) is 17.4 Å². The summed E-state index contributed by atoms with van der Waals surface area (Å²) in [5.41, 5.74) is 2.30. The number of benzene rings is 2. The molecule has 0 saturated carbocycles. The van der Waals surface area contributed by atoms with Gasteiger partial charge in [0.25, 0.3) is 0 Å². The van der Waals surface area contributed by atoms with E-state index < -0.39 is 6.10 Å². The van der Waals surface area contributed by atoms with Gasteiger partial charge in [-0.1, -0.05) is 49.4 Å². The molecule has 2 rings (SSSR count). The van der Waals surface area contributed by atoms with Crippen LogP contribution in [0.3, 0.4) is 0 Å². The predicted molar refractivity (Wildman–Crippen MR) is 92.5 cm³/mol. The monoisotopic (exact) mass is 315 g/mol. The molecule has 0 spiro atoms. The van der Waals surface area contributed by atoms with Gasteiger partial charge in [-0.25, -0.2) is 0 Å². The molecule has 0 aliphatic carbocycles. The van der Waals surface area contributed by atoms with Gasteiger partial charge in [0.1, 0.15) is 18.5 Å². The van der Waals surface area contributed by atoms with Gasteiger partial charge >= 0.3 is 0 Å². The molecule has 23 heavy (non-hydrogen) atoms. The van der Waals surface area contributed by atoms with Crippen molar-refractivity contribution < 1.29 is 14.9 Å². The molecule has 0 fully saturated rings. The second kappa shape index (κ2) is 9.30. The van der Waals surface area contributed by atoms with Crippen LogP contribution >= 0.6 is 0 Å². The summed E-state index contributed by atoms with van der Waals surface area (Å²) in [7, 11) is 0. The van der Waals surface area contributed by atoms with E-state index in [9.17, 15) is 5.11 Å². The third-order valence-electron chi connectivity index (χ3n) is 3.76. The highest BCUT2D eigenvalue weighted by atomic mass is 16.5. The van der Waals surface area contributed by atoms with Gasteiger partial charge in [-0.2, -0.15) is 0 Å². The SMILES string of the molecule is CC[C@H](CO)NC[C@@H](O)COc1ccc(-c2ccccc2)cc1. The minimum absolute atomic E-state index is 0.0230. The number of nitrogens with one attached hydrogen (secondary N) is 1. The van der Waals surface area contributed by atoms with Crippen molar-refractivity contribution in [1.82, 2.24) is 5.32 Å². The van der Waals surface area contributed by atoms with Crippen LogP contribution in [0.25, 0.3) is 11.1 Å². The molecule has 2 atom stereocenters. The van der Waals surface area contributed by atoms with Crippen LogP contribution in [0.1, 0.15) is 13.3 Å². The van der Waals surface area contributed by atoms with Crippen LogP contribution in [-0.2, 0) is 0 Å². The van der Waals surface area contributed by atoms with Crippen molar-refractivity contribution in [2.75, 3.05) is 19.8 Å². The molecule has 4 nitrogen and oxygen atoms in total. The van der Waals surface area contributed by atoms with Gasteiger partial charge in [-0.05, 0) is 29.7 Å². The van der Waals surface area contributed by atoms with Gasteiger partial charge in [0, 0.05) is 12.6 Å². The average Bonchev–Trinajstić information content (AvgIpc) is 2.62. The molecule has 2 aromatic carbocycles. The molecule has 0 unspecified atom stereocenters. The van der Waals surface area contributed by atoms with Gasteiger partial charge in [0.2, 0.25) is 0 Å². The third kappa shape index (κ3) is 5.67. The van der Waals surface area contributed by atoms with Crippen LogP contribution in [0.5, 0.6) is 5.75 Å². The highest BCUT2D eigenvalue weighted by Crippen LogP contribution is 2.22. The Morgan fingerprint density at radius 2 is 1.65 bits per heavy atom. The van der Waals surface area contributed by atoms with Crippen LogP contribution < -0.4 is 10.1 Å². The molecule has 4 heteroatoms. The molecule has 3 N–H and O–H groups in total. The molecular weight excluding hydrogens is 290 g/mol. The first-order chi connectivity index (χ1) is 11.2. The van der Waals surface area contributed by atoms with Gasteiger partial charge in [-0.15, -0.1) is 0 Å². The fourth-order valence-electron chi connectivity index (χ4n) is 2.27. The first-order valence-electron chi connectivity index (χ1n) is 8.03. The van der Waals surface area contributed by atoms with Crippen molar-refractivity contribution in [2.24, 2.45) is 0 Å². The van der Waals surface area contributed by atoms with Gasteiger partial charge in [-0.3, -0.25) is 0 Å². The zero-order valence-corrected chi connectivity index (χ0v) is 13.5. The topological polar surface area (TPSA) is 61.7 Å². The smallest absolute Gasteiger partial charge is 0.119 e. The fourth-order valence-corrected chi connectivity index (χ4v) is 2.27. The van der Waals surface area contributed by atoms with Crippen LogP contribution in [0.4, 0.5) is 0 Å². The third-order valence-corrected chi connectivity index (χ3v) is 3.76. The Labute approximate surface area is 137 Å². The van der Waals surface area contributed by atoms with E-state index in [1.165, 1.54) is 0 Å². The maximum Gasteiger partial charge on any atom is 0.119 e. The Morgan fingerprint density at radius 3 is 2.26 bits per heavy atom. The summed E-state index contributed by atoms with van der Waals surface area (Å²) in [6.45, 7) is 2.69. The van der Waals surface area contributed by atoms with Crippen molar-refractivity contribution in [2.45, 2.75) is 25.5 Å². The Hall–Kier alpha value is -1.88. The van der Waals surface area contributed by atoms with Crippen molar-refractivity contribution >= 4 is 0 Å². The average molecular weight is 315 g/mol. The maximum absolute atomic E-state index is 9.91. The number of rotatable bonds is 9. The van der Waals surface area contributed by atoms with Gasteiger partial charge in [0.15, 0.2) is 0 Å². The fraction of sp³-hybridized carbons (Fsp3) is 0.368. The van der Waals surface area contributed by atoms with Crippen LogP contribution in [0, 0.1) is 0 Å². The molecule has 0 saturated heterocycles. The molecule has 2 aromatic rings. The van der Waals surface area contributed by atoms with Crippen LogP contribution in [-0.4, -0.2) is 42.1 Å². The Morgan fingerprint density at radius 1 is 1.00 bits per heavy atom. The zero-order valence-electron chi connectivity index (χ0n) is 13.5. The molecule has 124 valence electrons. The van der Waals surface area contributed by atoms with Crippen molar-refractivity contribution in [3.8, 4) is 16.9 Å². The van der Waals surface area contributed by atoms with E-state index in [1.54, 1.807) is 0 Å². The Balaban J connectivity index is 1.80. The lowest BCUT2D eigenvalue weighted by atomic mass is 10.1. The Kier molecular flexibility index (Phi) is 7.07. The van der Waals surface area contributed by atoms with E-state index in [4.69, 9.17) is 9.84 Å². The quantitative estimate of drug-likeness (QED) is 0.665. The maximum atomic E-state index is 9.91. The lowest BCUT2D eigenvalue weighted by Crippen LogP contribution is -2.39. The van der Waals surface area contributed by atoms with E-state index in [-0.39, 0.29) is 19.3 Å². The first kappa shape index (κ1) is 17.5. The van der Waals surface area contributed by atoms with Crippen LogP contribution in [0.2, 0.25) is 0 Å². The summed E-state index contributed by atoms with van der Waals surface area (Å²) in [5.74, 6) is 0.734. The molecule has 0 amide bonds. The molecule has 0 aliphatic heterocycles. The van der Waals surface area contributed by atoms with E-state index >= 15 is 0 Å². The summed E-state index contributed by atoms with van der Waals surface area (Å²) in [5, 5.41) is 22.1. The summed E-state index contributed by atoms with van der Waals surface area (Å²) in [4.78, 5) is 0. The minimum atomic E-state index is -0.607. The predicted octanol–water partition coefficient (Wildman–Crippen LogP) is 2.45. The summed E-state index contributed by atoms with van der Waals surface area (Å²) >= 11 is 0. The highest BCUT2D eigenvalue weighted by Gasteiger charge is 2.09. The second-order valence-corrected chi connectivity index (χ2v) is 5.55. The van der Waals surface area contributed by atoms with Crippen LogP contribution in [0.15, 0.2) is 54.6 Å². The largest absolute Gasteiger partial charge is 0.491 e. The first-order valence-corrected chi connectivity index (χ1v) is 8.03. The number of aliphatic hydroxyl groups excluding tert-OH is 2. The molecule has 0 bridgehead atoms. The molecular formula is C19H25NO3. The van der Waals surface area contributed by atoms with Gasteiger partial charge in [0.05, 0.1) is 6.61 Å². The van der Waals surface area contributed by atoms with E-state index in [0.717, 1.165) is 23.3 Å². The van der Waals surface area contributed by atoms with Gasteiger partial charge < -0.3 is 20.3 Å². The van der Waals surface area contributed by atoms with Crippen molar-refractivity contribution in [3.63, 3.8) is 0 Å². The molecule has 0 heterocycles. The standard InChI is InChI=1S/C19H25NO3/c1-2-17(13-21)20-12-18(22)14-23-19-10-8-16(9-11-19)15-6-4-3-5-7-15/h3-11,17-18,20-22H,2,12-14H2,1H3/t17-,18-/m1/s1. The normalized spacial score (nSPS) is 13.5. The number of ether oxygens (including phenoxy) is 1. The highest BCUT2D eigenvalue weighted by molar-refractivity contribution is 5.63. The summed E-state index contributed by atoms with van der Waals surface area (Å²) in [6.07, 6.45) is 0.217. The summed E-state index contributed by atoms with van der Waals surface area (Å²) < 4.78 is 5.61. The van der Waals surface area contributed by atoms with E-state index in [0.29, 0.717) is 6.54 Å². The summed E-state index contributed by atoms with van der Waals surface area (Å²) in [6, 6.07) is 18.0. The number of hydrogen-bond acceptors (Lipinski definition) is 4. The Bertz CT molecular complexity index is 553. The second-order valence-electron chi connectivity index (χ2n) is 5.55. The molecule has 0 aliphatic rings. The number of aliphatic hydroxyl groups is 2. The minimum Gasteiger partial charge on any atom is -0.491 e. The lowest BCUT2D eigenvalue weighted by molar-refractivity contribution is 0.0995. The number of hydrogen-bond donors (Lipinski definition) is 3.